The number of carbonyl (C=O) groups excluding carboxylic acids is 2. The Hall–Kier alpha value is -3.51. The largest absolute Gasteiger partial charge is 0.507 e. The van der Waals surface area contributed by atoms with Gasteiger partial charge in [-0.2, -0.15) is 0 Å². The SMILES string of the molecule is CCCOc1ccc(/C(O)=C2/C(=O)C(=O)N(c3ccc(C)c(Cl)c3)C2c2ccco2)cc1C. The number of hydrogen-bond donors (Lipinski definition) is 1. The molecule has 2 aromatic carbocycles. The van der Waals surface area contributed by atoms with E-state index >= 15 is 0 Å². The van der Waals surface area contributed by atoms with E-state index in [0.29, 0.717) is 34.4 Å². The fraction of sp³-hybridized carbons (Fsp3) is 0.231. The third-order valence-corrected chi connectivity index (χ3v) is 6.01. The van der Waals surface area contributed by atoms with Crippen LogP contribution < -0.4 is 9.64 Å². The smallest absolute Gasteiger partial charge is 0.300 e. The Labute approximate surface area is 197 Å². The van der Waals surface area contributed by atoms with Crippen molar-refractivity contribution in [3.8, 4) is 5.75 Å². The Balaban J connectivity index is 1.85. The molecule has 1 aromatic heterocycles. The number of benzene rings is 2. The summed E-state index contributed by atoms with van der Waals surface area (Å²) in [5, 5.41) is 11.7. The van der Waals surface area contributed by atoms with Crippen molar-refractivity contribution in [1.82, 2.24) is 0 Å². The maximum atomic E-state index is 13.1. The second-order valence-corrected chi connectivity index (χ2v) is 8.35. The Bertz CT molecular complexity index is 1250. The zero-order chi connectivity index (χ0) is 23.7. The van der Waals surface area contributed by atoms with Crippen LogP contribution in [0.2, 0.25) is 5.02 Å². The number of ether oxygens (including phenoxy) is 1. The van der Waals surface area contributed by atoms with Crippen molar-refractivity contribution >= 4 is 34.7 Å². The lowest BCUT2D eigenvalue weighted by molar-refractivity contribution is -0.132. The molecule has 1 aliphatic rings. The monoisotopic (exact) mass is 465 g/mol. The summed E-state index contributed by atoms with van der Waals surface area (Å²) in [7, 11) is 0. The van der Waals surface area contributed by atoms with E-state index in [1.165, 1.54) is 11.2 Å². The summed E-state index contributed by atoms with van der Waals surface area (Å²) < 4.78 is 11.3. The first-order valence-corrected chi connectivity index (χ1v) is 11.1. The number of aliphatic hydroxyl groups is 1. The van der Waals surface area contributed by atoms with E-state index in [-0.39, 0.29) is 11.3 Å². The molecule has 0 bridgehead atoms. The number of nitrogens with zero attached hydrogens (tertiary/aromatic N) is 1. The molecule has 0 radical (unpaired) electrons. The van der Waals surface area contributed by atoms with Crippen molar-refractivity contribution in [2.24, 2.45) is 0 Å². The number of Topliss-reactive ketones (excluding diaryl/α,β-unsaturated/α-hetero) is 1. The highest BCUT2D eigenvalue weighted by atomic mass is 35.5. The summed E-state index contributed by atoms with van der Waals surface area (Å²) >= 11 is 6.29. The van der Waals surface area contributed by atoms with E-state index in [0.717, 1.165) is 17.5 Å². The van der Waals surface area contributed by atoms with Gasteiger partial charge in [0.05, 0.1) is 18.4 Å². The average Bonchev–Trinajstić information content (AvgIpc) is 3.41. The highest BCUT2D eigenvalue weighted by molar-refractivity contribution is 6.51. The molecule has 3 aromatic rings. The van der Waals surface area contributed by atoms with Crippen LogP contribution in [-0.4, -0.2) is 23.4 Å². The Morgan fingerprint density at radius 3 is 2.55 bits per heavy atom. The molecule has 7 heteroatoms. The lowest BCUT2D eigenvalue weighted by atomic mass is 9.98. The first-order chi connectivity index (χ1) is 15.8. The minimum absolute atomic E-state index is 0.0479. The predicted molar refractivity (Wildman–Crippen MR) is 127 cm³/mol. The standard InChI is InChI=1S/C26H24ClNO5/c1-4-11-32-20-10-8-17(13-16(20)3)24(29)22-23(21-6-5-12-33-21)28(26(31)25(22)30)18-9-7-15(2)19(27)14-18/h5-10,12-14,23,29H,4,11H2,1-3H3/b24-22-. The highest BCUT2D eigenvalue weighted by Gasteiger charge is 2.48. The third-order valence-electron chi connectivity index (χ3n) is 5.60. The van der Waals surface area contributed by atoms with Crippen molar-refractivity contribution < 1.29 is 23.8 Å². The van der Waals surface area contributed by atoms with Crippen LogP contribution in [-0.2, 0) is 9.59 Å². The minimum Gasteiger partial charge on any atom is -0.507 e. The quantitative estimate of drug-likeness (QED) is 0.276. The zero-order valence-electron chi connectivity index (χ0n) is 18.6. The molecule has 6 nitrogen and oxygen atoms in total. The molecule has 1 amide bonds. The van der Waals surface area contributed by atoms with Gasteiger partial charge in [-0.05, 0) is 73.9 Å². The molecule has 1 unspecified atom stereocenters. The van der Waals surface area contributed by atoms with Crippen molar-refractivity contribution in [2.75, 3.05) is 11.5 Å². The van der Waals surface area contributed by atoms with Crippen LogP contribution in [0.5, 0.6) is 5.75 Å². The predicted octanol–water partition coefficient (Wildman–Crippen LogP) is 5.96. The van der Waals surface area contributed by atoms with Crippen LogP contribution in [0.15, 0.2) is 64.8 Å². The molecule has 4 rings (SSSR count). The van der Waals surface area contributed by atoms with Crippen molar-refractivity contribution in [3.05, 3.63) is 87.8 Å². The molecular formula is C26H24ClNO5. The summed E-state index contributed by atoms with van der Waals surface area (Å²) in [6.07, 6.45) is 2.33. The van der Waals surface area contributed by atoms with Gasteiger partial charge >= 0.3 is 0 Å². The number of anilines is 1. The van der Waals surface area contributed by atoms with E-state index in [9.17, 15) is 14.7 Å². The summed E-state index contributed by atoms with van der Waals surface area (Å²) in [6, 6.07) is 12.7. The number of hydrogen-bond acceptors (Lipinski definition) is 5. The number of carbonyl (C=O) groups is 2. The van der Waals surface area contributed by atoms with Gasteiger partial charge in [0.2, 0.25) is 0 Å². The summed E-state index contributed by atoms with van der Waals surface area (Å²) in [6.45, 7) is 6.30. The zero-order valence-corrected chi connectivity index (χ0v) is 19.3. The van der Waals surface area contributed by atoms with E-state index in [1.54, 1.807) is 48.5 Å². The number of aryl methyl sites for hydroxylation is 2. The Kier molecular flexibility index (Phi) is 6.29. The average molecular weight is 466 g/mol. The number of rotatable bonds is 6. The first-order valence-electron chi connectivity index (χ1n) is 10.7. The van der Waals surface area contributed by atoms with E-state index in [2.05, 4.69) is 0 Å². The van der Waals surface area contributed by atoms with Crippen LogP contribution in [0.3, 0.4) is 0 Å². The molecule has 0 saturated carbocycles. The lowest BCUT2D eigenvalue weighted by Gasteiger charge is -2.24. The van der Waals surface area contributed by atoms with Gasteiger partial charge in [-0.3, -0.25) is 14.5 Å². The second-order valence-electron chi connectivity index (χ2n) is 7.95. The molecule has 33 heavy (non-hydrogen) atoms. The number of ketones is 1. The molecular weight excluding hydrogens is 442 g/mol. The van der Waals surface area contributed by atoms with E-state index < -0.39 is 17.7 Å². The van der Waals surface area contributed by atoms with Crippen molar-refractivity contribution in [3.63, 3.8) is 0 Å². The van der Waals surface area contributed by atoms with E-state index in [4.69, 9.17) is 20.8 Å². The molecule has 0 spiro atoms. The number of aliphatic hydroxyl groups excluding tert-OH is 1. The fourth-order valence-corrected chi connectivity index (χ4v) is 4.05. The van der Waals surface area contributed by atoms with Crippen LogP contribution in [0, 0.1) is 13.8 Å². The van der Waals surface area contributed by atoms with Gasteiger partial charge in [0.25, 0.3) is 11.7 Å². The molecule has 1 aliphatic heterocycles. The minimum atomic E-state index is -0.935. The molecule has 1 saturated heterocycles. The van der Waals surface area contributed by atoms with Gasteiger partial charge in [0, 0.05) is 16.3 Å². The summed E-state index contributed by atoms with van der Waals surface area (Å²) in [4.78, 5) is 27.6. The molecule has 170 valence electrons. The maximum absolute atomic E-state index is 13.1. The second kappa shape index (κ2) is 9.16. The van der Waals surface area contributed by atoms with Gasteiger partial charge in [-0.15, -0.1) is 0 Å². The van der Waals surface area contributed by atoms with E-state index in [1.807, 2.05) is 20.8 Å². The molecule has 2 heterocycles. The van der Waals surface area contributed by atoms with Gasteiger partial charge in [0.1, 0.15) is 23.3 Å². The summed E-state index contributed by atoms with van der Waals surface area (Å²) in [5.74, 6) is -0.787. The van der Waals surface area contributed by atoms with Gasteiger partial charge in [0.15, 0.2) is 0 Å². The summed E-state index contributed by atoms with van der Waals surface area (Å²) in [5.41, 5.74) is 2.45. The lowest BCUT2D eigenvalue weighted by Crippen LogP contribution is -2.29. The van der Waals surface area contributed by atoms with Crippen LogP contribution >= 0.6 is 11.6 Å². The maximum Gasteiger partial charge on any atom is 0.300 e. The Morgan fingerprint density at radius 2 is 1.91 bits per heavy atom. The Morgan fingerprint density at radius 1 is 1.12 bits per heavy atom. The molecule has 1 fully saturated rings. The number of furan rings is 1. The first kappa shape index (κ1) is 22.7. The van der Waals surface area contributed by atoms with Crippen molar-refractivity contribution in [2.45, 2.75) is 33.2 Å². The van der Waals surface area contributed by atoms with Crippen LogP contribution in [0.25, 0.3) is 5.76 Å². The molecule has 1 atom stereocenters. The normalized spacial score (nSPS) is 17.6. The van der Waals surface area contributed by atoms with Crippen LogP contribution in [0.1, 0.15) is 41.8 Å². The molecule has 1 N–H and O–H groups in total. The van der Waals surface area contributed by atoms with Crippen molar-refractivity contribution in [1.29, 1.82) is 0 Å². The van der Waals surface area contributed by atoms with Gasteiger partial charge < -0.3 is 14.3 Å². The van der Waals surface area contributed by atoms with Gasteiger partial charge in [-0.1, -0.05) is 24.6 Å². The fourth-order valence-electron chi connectivity index (χ4n) is 3.87. The number of halogens is 1. The topological polar surface area (TPSA) is 80.0 Å². The van der Waals surface area contributed by atoms with Gasteiger partial charge in [-0.25, -0.2) is 0 Å². The molecule has 0 aliphatic carbocycles. The third kappa shape index (κ3) is 4.14. The number of amides is 1. The highest BCUT2D eigenvalue weighted by Crippen LogP contribution is 2.43. The van der Waals surface area contributed by atoms with Crippen LogP contribution in [0.4, 0.5) is 5.69 Å².